The number of aryl methyl sites for hydroxylation is 1. The summed E-state index contributed by atoms with van der Waals surface area (Å²) >= 11 is 0. The highest BCUT2D eigenvalue weighted by molar-refractivity contribution is 5.79. The van der Waals surface area contributed by atoms with Crippen molar-refractivity contribution < 1.29 is 13.6 Å². The first-order chi connectivity index (χ1) is 9.40. The van der Waals surface area contributed by atoms with E-state index in [1.54, 1.807) is 18.7 Å². The Morgan fingerprint density at radius 3 is 2.75 bits per heavy atom. The molecule has 1 aromatic heterocycles. The minimum atomic E-state index is -2.68. The highest BCUT2D eigenvalue weighted by Gasteiger charge is 2.24. The van der Waals surface area contributed by atoms with E-state index in [4.69, 9.17) is 5.73 Å². The number of piperidine rings is 1. The highest BCUT2D eigenvalue weighted by Crippen LogP contribution is 2.21. The molecule has 1 saturated heterocycles. The summed E-state index contributed by atoms with van der Waals surface area (Å²) in [5.74, 6) is -0.0693. The lowest BCUT2D eigenvalue weighted by molar-refractivity contribution is -0.131. The zero-order valence-corrected chi connectivity index (χ0v) is 11.8. The molecule has 1 aromatic rings. The maximum atomic E-state index is 12.8. The van der Waals surface area contributed by atoms with Crippen LogP contribution >= 0.6 is 0 Å². The van der Waals surface area contributed by atoms with Crippen molar-refractivity contribution in [1.82, 2.24) is 14.7 Å². The van der Waals surface area contributed by atoms with Gasteiger partial charge in [0.05, 0.1) is 12.1 Å². The largest absolute Gasteiger partial charge is 0.341 e. The Hall–Kier alpha value is -1.50. The Labute approximate surface area is 116 Å². The molecule has 7 heteroatoms. The van der Waals surface area contributed by atoms with Gasteiger partial charge in [-0.3, -0.25) is 4.79 Å². The molecule has 0 radical (unpaired) electrons. The molecule has 1 aliphatic heterocycles. The van der Waals surface area contributed by atoms with E-state index < -0.39 is 6.55 Å². The fourth-order valence-electron chi connectivity index (χ4n) is 2.64. The topological polar surface area (TPSA) is 64.2 Å². The molecular formula is C13H20F2N4O. The molecule has 0 aliphatic carbocycles. The highest BCUT2D eigenvalue weighted by atomic mass is 19.3. The minimum absolute atomic E-state index is 0.0127. The normalized spacial score (nSPS) is 19.7. The van der Waals surface area contributed by atoms with Gasteiger partial charge in [0, 0.05) is 30.4 Å². The number of carbonyl (C=O) groups excluding carboxylic acids is 1. The molecule has 0 bridgehead atoms. The molecule has 20 heavy (non-hydrogen) atoms. The average Bonchev–Trinajstić information content (AvgIpc) is 2.67. The number of amides is 1. The fraction of sp³-hybridized carbons (Fsp3) is 0.692. The molecule has 0 aromatic carbocycles. The van der Waals surface area contributed by atoms with E-state index in [-0.39, 0.29) is 18.4 Å². The average molecular weight is 286 g/mol. The fourth-order valence-corrected chi connectivity index (χ4v) is 2.64. The molecule has 2 heterocycles. The summed E-state index contributed by atoms with van der Waals surface area (Å²) in [5.41, 5.74) is 7.28. The van der Waals surface area contributed by atoms with Crippen LogP contribution in [0.15, 0.2) is 0 Å². The maximum Gasteiger partial charge on any atom is 0.333 e. The molecule has 5 nitrogen and oxygen atoms in total. The van der Waals surface area contributed by atoms with Crippen LogP contribution in [0.2, 0.25) is 0 Å². The van der Waals surface area contributed by atoms with Crippen molar-refractivity contribution in [2.75, 3.05) is 13.1 Å². The quantitative estimate of drug-likeness (QED) is 0.913. The predicted molar refractivity (Wildman–Crippen MR) is 70.4 cm³/mol. The molecule has 1 aliphatic rings. The van der Waals surface area contributed by atoms with Crippen LogP contribution in [0.1, 0.15) is 36.3 Å². The van der Waals surface area contributed by atoms with Crippen LogP contribution < -0.4 is 5.73 Å². The van der Waals surface area contributed by atoms with E-state index in [1.807, 2.05) is 0 Å². The first-order valence-corrected chi connectivity index (χ1v) is 6.76. The molecule has 112 valence electrons. The number of hydrogen-bond donors (Lipinski definition) is 1. The molecule has 1 fully saturated rings. The van der Waals surface area contributed by atoms with E-state index in [0.717, 1.165) is 12.8 Å². The Bertz CT molecular complexity index is 501. The third-order valence-corrected chi connectivity index (χ3v) is 3.80. The number of aromatic nitrogens is 2. The molecule has 1 amide bonds. The van der Waals surface area contributed by atoms with E-state index in [9.17, 15) is 13.6 Å². The van der Waals surface area contributed by atoms with Gasteiger partial charge in [-0.1, -0.05) is 0 Å². The second-order valence-electron chi connectivity index (χ2n) is 5.29. The lowest BCUT2D eigenvalue weighted by Gasteiger charge is -2.30. The van der Waals surface area contributed by atoms with Crippen LogP contribution in [-0.2, 0) is 11.2 Å². The van der Waals surface area contributed by atoms with Crippen LogP contribution in [0.25, 0.3) is 0 Å². The standard InChI is InChI=1S/C13H20F2N4O/c1-8-11(9(2)19(17-8)13(14)15)6-12(20)18-5-3-4-10(16)7-18/h10,13H,3-7,16H2,1-2H3. The van der Waals surface area contributed by atoms with E-state index in [1.165, 1.54) is 0 Å². The van der Waals surface area contributed by atoms with Crippen LogP contribution in [0.5, 0.6) is 0 Å². The van der Waals surface area contributed by atoms with Crippen molar-refractivity contribution in [1.29, 1.82) is 0 Å². The number of nitrogens with zero attached hydrogens (tertiary/aromatic N) is 3. The Balaban J connectivity index is 2.11. The summed E-state index contributed by atoms with van der Waals surface area (Å²) in [6.07, 6.45) is 1.92. The Morgan fingerprint density at radius 1 is 1.50 bits per heavy atom. The molecule has 0 saturated carbocycles. The number of alkyl halides is 2. The van der Waals surface area contributed by atoms with E-state index in [2.05, 4.69) is 5.10 Å². The summed E-state index contributed by atoms with van der Waals surface area (Å²) in [4.78, 5) is 14.0. The van der Waals surface area contributed by atoms with Gasteiger partial charge in [-0.2, -0.15) is 13.9 Å². The van der Waals surface area contributed by atoms with Gasteiger partial charge in [-0.25, -0.2) is 4.68 Å². The minimum Gasteiger partial charge on any atom is -0.341 e. The number of carbonyl (C=O) groups is 1. The molecule has 1 unspecified atom stereocenters. The first kappa shape index (κ1) is 14.9. The van der Waals surface area contributed by atoms with E-state index >= 15 is 0 Å². The van der Waals surface area contributed by atoms with Gasteiger partial charge in [0.25, 0.3) is 0 Å². The molecular weight excluding hydrogens is 266 g/mol. The third-order valence-electron chi connectivity index (χ3n) is 3.80. The summed E-state index contributed by atoms with van der Waals surface area (Å²) < 4.78 is 26.2. The number of rotatable bonds is 3. The van der Waals surface area contributed by atoms with Crippen molar-refractivity contribution in [3.8, 4) is 0 Å². The SMILES string of the molecule is Cc1nn(C(F)F)c(C)c1CC(=O)N1CCCC(N)C1. The van der Waals surface area contributed by atoms with Crippen LogP contribution in [0.3, 0.4) is 0 Å². The van der Waals surface area contributed by atoms with E-state index in [0.29, 0.717) is 34.7 Å². The smallest absolute Gasteiger partial charge is 0.333 e. The first-order valence-electron chi connectivity index (χ1n) is 6.76. The van der Waals surface area contributed by atoms with Crippen molar-refractivity contribution in [2.45, 2.75) is 45.7 Å². The van der Waals surface area contributed by atoms with Gasteiger partial charge in [0.15, 0.2) is 0 Å². The molecule has 2 N–H and O–H groups in total. The number of hydrogen-bond acceptors (Lipinski definition) is 3. The Kier molecular flexibility index (Phi) is 4.37. The molecule has 2 rings (SSSR count). The lowest BCUT2D eigenvalue weighted by atomic mass is 10.0. The Morgan fingerprint density at radius 2 is 2.20 bits per heavy atom. The van der Waals surface area contributed by atoms with Crippen molar-refractivity contribution in [3.63, 3.8) is 0 Å². The van der Waals surface area contributed by atoms with Crippen LogP contribution in [0, 0.1) is 13.8 Å². The number of likely N-dealkylation sites (tertiary alicyclic amines) is 1. The van der Waals surface area contributed by atoms with Gasteiger partial charge in [0.2, 0.25) is 5.91 Å². The van der Waals surface area contributed by atoms with Gasteiger partial charge in [-0.05, 0) is 26.7 Å². The second-order valence-corrected chi connectivity index (χ2v) is 5.29. The predicted octanol–water partition coefficient (Wildman–Crippen LogP) is 1.39. The summed E-state index contributed by atoms with van der Waals surface area (Å²) in [6, 6.07) is 0.0127. The van der Waals surface area contributed by atoms with Crippen molar-refractivity contribution in [2.24, 2.45) is 5.73 Å². The van der Waals surface area contributed by atoms with Gasteiger partial charge in [-0.15, -0.1) is 0 Å². The summed E-state index contributed by atoms with van der Waals surface area (Å²) in [7, 11) is 0. The summed E-state index contributed by atoms with van der Waals surface area (Å²) in [5, 5.41) is 3.79. The zero-order chi connectivity index (χ0) is 14.9. The zero-order valence-electron chi connectivity index (χ0n) is 11.8. The number of halogens is 2. The van der Waals surface area contributed by atoms with Crippen LogP contribution in [0.4, 0.5) is 8.78 Å². The molecule has 0 spiro atoms. The number of nitrogens with two attached hydrogens (primary N) is 1. The van der Waals surface area contributed by atoms with Gasteiger partial charge < -0.3 is 10.6 Å². The van der Waals surface area contributed by atoms with Gasteiger partial charge >= 0.3 is 6.55 Å². The summed E-state index contributed by atoms with van der Waals surface area (Å²) in [6.45, 7) is 1.77. The monoisotopic (exact) mass is 286 g/mol. The van der Waals surface area contributed by atoms with Crippen molar-refractivity contribution in [3.05, 3.63) is 17.0 Å². The molecule has 1 atom stereocenters. The van der Waals surface area contributed by atoms with Crippen LogP contribution in [-0.4, -0.2) is 39.7 Å². The second kappa shape index (κ2) is 5.87. The van der Waals surface area contributed by atoms with Crippen molar-refractivity contribution >= 4 is 5.91 Å². The third kappa shape index (κ3) is 2.98. The maximum absolute atomic E-state index is 12.8. The van der Waals surface area contributed by atoms with Gasteiger partial charge in [0.1, 0.15) is 0 Å². The lowest BCUT2D eigenvalue weighted by Crippen LogP contribution is -2.46.